The van der Waals surface area contributed by atoms with E-state index in [1.165, 1.54) is 0 Å². The van der Waals surface area contributed by atoms with Gasteiger partial charge in [-0.2, -0.15) is 0 Å². The van der Waals surface area contributed by atoms with Crippen molar-refractivity contribution in [2.75, 3.05) is 19.7 Å². The number of hydrogen-bond donors (Lipinski definition) is 2. The third-order valence-electron chi connectivity index (χ3n) is 5.59. The number of aromatic nitrogens is 4. The van der Waals surface area contributed by atoms with Gasteiger partial charge in [-0.15, -0.1) is 0 Å². The second-order valence-electron chi connectivity index (χ2n) is 9.00. The maximum Gasteiger partial charge on any atom is 0.329 e. The van der Waals surface area contributed by atoms with E-state index in [0.717, 1.165) is 49.6 Å². The predicted molar refractivity (Wildman–Crippen MR) is 117 cm³/mol. The Morgan fingerprint density at radius 3 is 2.69 bits per heavy atom. The van der Waals surface area contributed by atoms with Crippen LogP contribution in [0.5, 0.6) is 0 Å². The van der Waals surface area contributed by atoms with Crippen molar-refractivity contribution >= 4 is 30.0 Å². The standard InChI is InChI=1S/C20H29N5O3Si/c1-29(2,3)11-10-28-13-24-9-6-15-17-16(12-22-18(15)24)19(26)23-20(27)25(17)14-4-7-21-8-5-14/h6,9,12,14,21H,4-5,7-8,10-11,13H2,1-3H3,(H,23,26,27). The van der Waals surface area contributed by atoms with Gasteiger partial charge in [-0.3, -0.25) is 14.3 Å². The molecular weight excluding hydrogens is 386 g/mol. The van der Waals surface area contributed by atoms with Gasteiger partial charge in [0.25, 0.3) is 5.56 Å². The van der Waals surface area contributed by atoms with Gasteiger partial charge in [0.1, 0.15) is 12.4 Å². The van der Waals surface area contributed by atoms with Gasteiger partial charge >= 0.3 is 5.69 Å². The van der Waals surface area contributed by atoms with Crippen molar-refractivity contribution in [2.45, 2.75) is 51.3 Å². The highest BCUT2D eigenvalue weighted by Gasteiger charge is 2.22. The largest absolute Gasteiger partial charge is 0.361 e. The lowest BCUT2D eigenvalue weighted by molar-refractivity contribution is 0.0899. The number of ether oxygens (including phenoxy) is 1. The zero-order valence-electron chi connectivity index (χ0n) is 17.3. The van der Waals surface area contributed by atoms with Crippen molar-refractivity contribution in [1.82, 2.24) is 24.4 Å². The fourth-order valence-corrected chi connectivity index (χ4v) is 4.69. The van der Waals surface area contributed by atoms with Crippen LogP contribution in [0.3, 0.4) is 0 Å². The smallest absolute Gasteiger partial charge is 0.329 e. The molecule has 8 nitrogen and oxygen atoms in total. The average Bonchev–Trinajstić information content (AvgIpc) is 3.09. The molecule has 0 aliphatic carbocycles. The molecule has 0 unspecified atom stereocenters. The van der Waals surface area contributed by atoms with Crippen LogP contribution in [0.1, 0.15) is 18.9 Å². The first-order valence-electron chi connectivity index (χ1n) is 10.3. The van der Waals surface area contributed by atoms with Crippen LogP contribution >= 0.6 is 0 Å². The first kappa shape index (κ1) is 20.1. The molecule has 9 heteroatoms. The molecular formula is C20H29N5O3Si. The van der Waals surface area contributed by atoms with Crippen molar-refractivity contribution < 1.29 is 4.74 Å². The van der Waals surface area contributed by atoms with E-state index < -0.39 is 8.07 Å². The quantitative estimate of drug-likeness (QED) is 0.476. The Morgan fingerprint density at radius 1 is 1.21 bits per heavy atom. The summed E-state index contributed by atoms with van der Waals surface area (Å²) in [7, 11) is -1.14. The molecule has 0 bridgehead atoms. The van der Waals surface area contributed by atoms with Gasteiger partial charge < -0.3 is 14.6 Å². The van der Waals surface area contributed by atoms with Crippen molar-refractivity contribution in [3.63, 3.8) is 0 Å². The highest BCUT2D eigenvalue weighted by molar-refractivity contribution is 6.76. The van der Waals surface area contributed by atoms with Crippen molar-refractivity contribution in [3.8, 4) is 0 Å². The Balaban J connectivity index is 1.76. The molecule has 2 N–H and O–H groups in total. The summed E-state index contributed by atoms with van der Waals surface area (Å²) in [6.07, 6.45) is 5.20. The van der Waals surface area contributed by atoms with Gasteiger partial charge in [0.2, 0.25) is 0 Å². The summed E-state index contributed by atoms with van der Waals surface area (Å²) in [6, 6.07) is 3.10. The molecule has 4 rings (SSSR count). The Kier molecular flexibility index (Phi) is 5.45. The average molecular weight is 416 g/mol. The third kappa shape index (κ3) is 4.07. The van der Waals surface area contributed by atoms with Crippen molar-refractivity contribution in [2.24, 2.45) is 0 Å². The van der Waals surface area contributed by atoms with Crippen LogP contribution in [-0.2, 0) is 11.5 Å². The Labute approximate surface area is 169 Å². The maximum atomic E-state index is 12.7. The van der Waals surface area contributed by atoms with Crippen LogP contribution in [0.15, 0.2) is 28.0 Å². The van der Waals surface area contributed by atoms with E-state index in [2.05, 4.69) is 34.9 Å². The lowest BCUT2D eigenvalue weighted by Gasteiger charge is -2.26. The minimum atomic E-state index is -1.14. The highest BCUT2D eigenvalue weighted by Crippen LogP contribution is 2.26. The third-order valence-corrected chi connectivity index (χ3v) is 7.29. The lowest BCUT2D eigenvalue weighted by Crippen LogP contribution is -2.38. The molecule has 1 saturated heterocycles. The fourth-order valence-electron chi connectivity index (χ4n) is 3.94. The molecule has 156 valence electrons. The van der Waals surface area contributed by atoms with Gasteiger partial charge in [0.15, 0.2) is 0 Å². The van der Waals surface area contributed by atoms with Crippen LogP contribution in [-0.4, -0.2) is 46.9 Å². The molecule has 0 atom stereocenters. The first-order chi connectivity index (χ1) is 13.8. The first-order valence-corrected chi connectivity index (χ1v) is 14.0. The highest BCUT2D eigenvalue weighted by atomic mass is 28.3. The van der Waals surface area contributed by atoms with Crippen LogP contribution in [0.25, 0.3) is 21.9 Å². The summed E-state index contributed by atoms with van der Waals surface area (Å²) >= 11 is 0. The van der Waals surface area contributed by atoms with Crippen LogP contribution in [0.4, 0.5) is 0 Å². The van der Waals surface area contributed by atoms with E-state index in [1.807, 2.05) is 16.8 Å². The summed E-state index contributed by atoms with van der Waals surface area (Å²) in [4.78, 5) is 32.2. The summed E-state index contributed by atoms with van der Waals surface area (Å²) in [5.41, 5.74) is 0.680. The number of fused-ring (bicyclic) bond motifs is 3. The number of nitrogens with one attached hydrogen (secondary N) is 2. The van der Waals surface area contributed by atoms with Gasteiger partial charge in [-0.1, -0.05) is 19.6 Å². The second-order valence-corrected chi connectivity index (χ2v) is 14.6. The molecule has 0 amide bonds. The number of hydrogen-bond acceptors (Lipinski definition) is 5. The van der Waals surface area contributed by atoms with Crippen molar-refractivity contribution in [1.29, 1.82) is 0 Å². The number of pyridine rings is 1. The van der Waals surface area contributed by atoms with Gasteiger partial charge in [-0.25, -0.2) is 9.78 Å². The van der Waals surface area contributed by atoms with Crippen molar-refractivity contribution in [3.05, 3.63) is 39.3 Å². The number of nitrogens with zero attached hydrogens (tertiary/aromatic N) is 3. The van der Waals surface area contributed by atoms with E-state index >= 15 is 0 Å². The Bertz CT molecular complexity index is 1140. The lowest BCUT2D eigenvalue weighted by atomic mass is 10.1. The van der Waals surface area contributed by atoms with Crippen LogP contribution < -0.4 is 16.6 Å². The normalized spacial score (nSPS) is 16.1. The number of piperidine rings is 1. The summed E-state index contributed by atoms with van der Waals surface area (Å²) in [5.74, 6) is 0. The van der Waals surface area contributed by atoms with Crippen LogP contribution in [0.2, 0.25) is 25.7 Å². The predicted octanol–water partition coefficient (Wildman–Crippen LogP) is 2.28. The number of rotatable bonds is 6. The van der Waals surface area contributed by atoms with E-state index in [-0.39, 0.29) is 17.3 Å². The molecule has 3 aromatic heterocycles. The Morgan fingerprint density at radius 2 is 1.97 bits per heavy atom. The SMILES string of the molecule is C[Si](C)(C)CCOCn1ccc2c1ncc1c(=O)[nH]c(=O)n(C3CCNCC3)c12. The molecule has 0 spiro atoms. The monoisotopic (exact) mass is 415 g/mol. The zero-order chi connectivity index (χ0) is 20.6. The van der Waals surface area contributed by atoms with E-state index in [0.29, 0.717) is 17.6 Å². The Hall–Kier alpha value is -2.23. The van der Waals surface area contributed by atoms with Gasteiger partial charge in [0.05, 0.1) is 10.9 Å². The molecule has 1 aliphatic rings. The van der Waals surface area contributed by atoms with E-state index in [1.54, 1.807) is 10.8 Å². The molecule has 1 aliphatic heterocycles. The summed E-state index contributed by atoms with van der Waals surface area (Å²) in [5, 5.41) is 4.60. The molecule has 29 heavy (non-hydrogen) atoms. The minimum Gasteiger partial charge on any atom is -0.361 e. The van der Waals surface area contributed by atoms with Gasteiger partial charge in [-0.05, 0) is 38.0 Å². The summed E-state index contributed by atoms with van der Waals surface area (Å²) in [6.45, 7) is 9.83. The van der Waals surface area contributed by atoms with E-state index in [9.17, 15) is 9.59 Å². The maximum absolute atomic E-state index is 12.7. The second kappa shape index (κ2) is 7.89. The topological polar surface area (TPSA) is 93.9 Å². The molecule has 0 radical (unpaired) electrons. The van der Waals surface area contributed by atoms with E-state index in [4.69, 9.17) is 4.74 Å². The fraction of sp³-hybridized carbons (Fsp3) is 0.550. The molecule has 0 saturated carbocycles. The molecule has 1 fully saturated rings. The van der Waals surface area contributed by atoms with Crippen LogP contribution in [0, 0.1) is 0 Å². The zero-order valence-corrected chi connectivity index (χ0v) is 18.3. The molecule has 3 aromatic rings. The molecule has 0 aromatic carbocycles. The minimum absolute atomic E-state index is 0.0602. The van der Waals surface area contributed by atoms with Gasteiger partial charge in [0, 0.05) is 38.5 Å². The number of aromatic amines is 1. The molecule has 4 heterocycles. The number of H-pyrrole nitrogens is 1. The summed E-state index contributed by atoms with van der Waals surface area (Å²) < 4.78 is 9.59.